The third-order valence-corrected chi connectivity index (χ3v) is 5.27. The number of carbonyl (C=O) groups excluding carboxylic acids is 2. The predicted molar refractivity (Wildman–Crippen MR) is 112 cm³/mol. The number of guanidine groups is 1. The molecule has 160 valence electrons. The Morgan fingerprint density at radius 2 is 1.61 bits per heavy atom. The molecule has 0 bridgehead atoms. The highest BCUT2D eigenvalue weighted by atomic mass is 16.2. The largest absolute Gasteiger partial charge is 0.356 e. The van der Waals surface area contributed by atoms with Crippen molar-refractivity contribution in [1.82, 2.24) is 24.9 Å². The molecule has 28 heavy (non-hydrogen) atoms. The molecule has 0 aromatic carbocycles. The van der Waals surface area contributed by atoms with Gasteiger partial charge in [0.2, 0.25) is 11.8 Å². The van der Waals surface area contributed by atoms with E-state index in [1.54, 1.807) is 19.0 Å². The molecular weight excluding hydrogens is 356 g/mol. The summed E-state index contributed by atoms with van der Waals surface area (Å²) in [6, 6.07) is 0. The third kappa shape index (κ3) is 7.30. The smallest absolute Gasteiger partial charge is 0.243 e. The van der Waals surface area contributed by atoms with E-state index in [0.29, 0.717) is 12.5 Å². The number of likely N-dealkylation sites (tertiary alicyclic amines) is 1. The Balaban J connectivity index is 1.86. The van der Waals surface area contributed by atoms with Crippen molar-refractivity contribution < 1.29 is 9.59 Å². The number of hydrogen-bond donors (Lipinski definition) is 1. The number of rotatable bonds is 6. The summed E-state index contributed by atoms with van der Waals surface area (Å²) in [5.41, 5.74) is 0. The fraction of sp³-hybridized carbons (Fsp3) is 0.850. The van der Waals surface area contributed by atoms with Crippen LogP contribution < -0.4 is 5.32 Å². The van der Waals surface area contributed by atoms with Crippen LogP contribution in [0.15, 0.2) is 4.99 Å². The van der Waals surface area contributed by atoms with Gasteiger partial charge in [0.05, 0.1) is 6.54 Å². The zero-order chi connectivity index (χ0) is 20.5. The molecular formula is C20H38N6O2. The highest BCUT2D eigenvalue weighted by Crippen LogP contribution is 2.10. The van der Waals surface area contributed by atoms with Crippen LogP contribution in [0.25, 0.3) is 0 Å². The van der Waals surface area contributed by atoms with Crippen LogP contribution in [0.2, 0.25) is 0 Å². The van der Waals surface area contributed by atoms with E-state index >= 15 is 0 Å². The lowest BCUT2D eigenvalue weighted by Crippen LogP contribution is -2.55. The molecule has 0 spiro atoms. The van der Waals surface area contributed by atoms with E-state index in [-0.39, 0.29) is 18.4 Å². The zero-order valence-corrected chi connectivity index (χ0v) is 18.1. The van der Waals surface area contributed by atoms with Crippen LogP contribution in [0, 0.1) is 5.92 Å². The normalized spacial score (nSPS) is 19.1. The Labute approximate surface area is 169 Å². The van der Waals surface area contributed by atoms with Crippen molar-refractivity contribution in [2.24, 2.45) is 10.9 Å². The van der Waals surface area contributed by atoms with E-state index in [1.807, 2.05) is 4.90 Å². The molecule has 0 aromatic rings. The zero-order valence-electron chi connectivity index (χ0n) is 18.1. The Bertz CT molecular complexity index is 535. The summed E-state index contributed by atoms with van der Waals surface area (Å²) in [6.07, 6.45) is 3.50. The lowest BCUT2D eigenvalue weighted by molar-refractivity contribution is -0.133. The molecule has 1 N–H and O–H groups in total. The Morgan fingerprint density at radius 1 is 0.964 bits per heavy atom. The number of aliphatic imine (C=N–C) groups is 1. The van der Waals surface area contributed by atoms with Crippen molar-refractivity contribution in [3.05, 3.63) is 0 Å². The quantitative estimate of drug-likeness (QED) is 0.519. The lowest BCUT2D eigenvalue weighted by Gasteiger charge is -2.37. The highest BCUT2D eigenvalue weighted by Gasteiger charge is 2.24. The van der Waals surface area contributed by atoms with Crippen molar-refractivity contribution >= 4 is 17.8 Å². The van der Waals surface area contributed by atoms with Gasteiger partial charge in [-0.25, -0.2) is 4.99 Å². The topological polar surface area (TPSA) is 71.5 Å². The molecule has 0 aromatic heterocycles. The molecule has 8 heteroatoms. The number of hydrogen-bond acceptors (Lipinski definition) is 4. The Kier molecular flexibility index (Phi) is 9.02. The molecule has 0 radical (unpaired) electrons. The van der Waals surface area contributed by atoms with Crippen molar-refractivity contribution in [2.75, 3.05) is 73.0 Å². The molecule has 0 atom stereocenters. The number of nitrogens with one attached hydrogen (secondary N) is 1. The van der Waals surface area contributed by atoms with Crippen LogP contribution >= 0.6 is 0 Å². The average molecular weight is 395 g/mol. The first kappa shape index (κ1) is 22.5. The summed E-state index contributed by atoms with van der Waals surface area (Å²) in [5.74, 6) is 1.55. The van der Waals surface area contributed by atoms with E-state index in [0.717, 1.165) is 64.6 Å². The molecule has 2 aliphatic heterocycles. The van der Waals surface area contributed by atoms with Gasteiger partial charge in [-0.05, 0) is 25.2 Å². The number of piperazine rings is 1. The van der Waals surface area contributed by atoms with Gasteiger partial charge in [0.25, 0.3) is 0 Å². The fourth-order valence-corrected chi connectivity index (χ4v) is 3.40. The number of carbonyl (C=O) groups is 2. The number of piperidine rings is 1. The average Bonchev–Trinajstić information content (AvgIpc) is 2.69. The maximum absolute atomic E-state index is 12.5. The molecule has 8 nitrogen and oxygen atoms in total. The molecule has 0 unspecified atom stereocenters. The summed E-state index contributed by atoms with van der Waals surface area (Å²) in [6.45, 7) is 10.9. The van der Waals surface area contributed by atoms with Gasteiger partial charge in [-0.15, -0.1) is 0 Å². The minimum absolute atomic E-state index is 0.00499. The first-order valence-corrected chi connectivity index (χ1v) is 10.6. The third-order valence-electron chi connectivity index (χ3n) is 5.27. The van der Waals surface area contributed by atoms with Crippen LogP contribution in [0.3, 0.4) is 0 Å². The molecule has 2 fully saturated rings. The Hall–Kier alpha value is -1.83. The minimum Gasteiger partial charge on any atom is -0.356 e. The van der Waals surface area contributed by atoms with Crippen LogP contribution in [-0.2, 0) is 9.59 Å². The Morgan fingerprint density at radius 3 is 2.18 bits per heavy atom. The van der Waals surface area contributed by atoms with Gasteiger partial charge in [0, 0.05) is 59.9 Å². The molecule has 2 aliphatic rings. The monoisotopic (exact) mass is 394 g/mol. The van der Waals surface area contributed by atoms with Crippen molar-refractivity contribution in [3.8, 4) is 0 Å². The van der Waals surface area contributed by atoms with Crippen molar-refractivity contribution in [2.45, 2.75) is 33.1 Å². The van der Waals surface area contributed by atoms with Crippen LogP contribution in [0.4, 0.5) is 0 Å². The van der Waals surface area contributed by atoms with Crippen LogP contribution in [-0.4, -0.2) is 110 Å². The number of likely N-dealkylation sites (N-methyl/N-ethyl adjacent to an activating group) is 1. The fourth-order valence-electron chi connectivity index (χ4n) is 3.40. The highest BCUT2D eigenvalue weighted by molar-refractivity contribution is 5.85. The second kappa shape index (κ2) is 11.2. The second-order valence-electron chi connectivity index (χ2n) is 8.41. The number of amides is 2. The van der Waals surface area contributed by atoms with Crippen molar-refractivity contribution in [1.29, 1.82) is 0 Å². The van der Waals surface area contributed by atoms with Crippen LogP contribution in [0.1, 0.15) is 33.1 Å². The lowest BCUT2D eigenvalue weighted by atomic mass is 10.1. The maximum atomic E-state index is 12.5. The van der Waals surface area contributed by atoms with Gasteiger partial charge in [0.1, 0.15) is 6.54 Å². The summed E-state index contributed by atoms with van der Waals surface area (Å²) in [4.78, 5) is 37.0. The van der Waals surface area contributed by atoms with Gasteiger partial charge in [0.15, 0.2) is 5.96 Å². The van der Waals surface area contributed by atoms with Gasteiger partial charge >= 0.3 is 0 Å². The van der Waals surface area contributed by atoms with Gasteiger partial charge in [-0.1, -0.05) is 13.8 Å². The number of nitrogens with zero attached hydrogens (tertiary/aromatic N) is 5. The first-order valence-electron chi connectivity index (χ1n) is 10.6. The van der Waals surface area contributed by atoms with Gasteiger partial charge < -0.3 is 20.0 Å². The predicted octanol–water partition coefficient (Wildman–Crippen LogP) is 0.306. The van der Waals surface area contributed by atoms with Crippen molar-refractivity contribution in [3.63, 3.8) is 0 Å². The summed E-state index contributed by atoms with van der Waals surface area (Å²) in [7, 11) is 3.49. The molecule has 2 amide bonds. The standard InChI is InChI=1S/C20H38N6O2/c1-17(2)14-21-20(22-15-18(27)23(3)4)26-12-10-24(11-13-26)16-19(28)25-8-6-5-7-9-25/h17H,5-16H2,1-4H3,(H,21,22). The SMILES string of the molecule is CC(C)CNC(=NCC(=O)N(C)C)N1CCN(CC(=O)N2CCCCC2)CC1. The minimum atomic E-state index is -0.00499. The van der Waals surface area contributed by atoms with E-state index in [1.165, 1.54) is 6.42 Å². The maximum Gasteiger partial charge on any atom is 0.243 e. The van der Waals surface area contributed by atoms with Crippen LogP contribution in [0.5, 0.6) is 0 Å². The van der Waals surface area contributed by atoms with E-state index in [4.69, 9.17) is 0 Å². The molecule has 0 saturated carbocycles. The molecule has 0 aliphatic carbocycles. The van der Waals surface area contributed by atoms with E-state index < -0.39 is 0 Å². The summed E-state index contributed by atoms with van der Waals surface area (Å²) < 4.78 is 0. The van der Waals surface area contributed by atoms with E-state index in [2.05, 4.69) is 34.0 Å². The molecule has 2 saturated heterocycles. The summed E-state index contributed by atoms with van der Waals surface area (Å²) in [5, 5.41) is 3.40. The molecule has 2 rings (SSSR count). The molecule has 2 heterocycles. The first-order chi connectivity index (χ1) is 13.4. The van der Waals surface area contributed by atoms with Gasteiger partial charge in [-0.3, -0.25) is 14.5 Å². The van der Waals surface area contributed by atoms with Gasteiger partial charge in [-0.2, -0.15) is 0 Å². The summed E-state index contributed by atoms with van der Waals surface area (Å²) >= 11 is 0. The van der Waals surface area contributed by atoms with E-state index in [9.17, 15) is 9.59 Å². The second-order valence-corrected chi connectivity index (χ2v) is 8.41.